The van der Waals surface area contributed by atoms with E-state index in [9.17, 15) is 8.42 Å². The third-order valence-corrected chi connectivity index (χ3v) is 4.74. The van der Waals surface area contributed by atoms with Gasteiger partial charge < -0.3 is 5.73 Å². The highest BCUT2D eigenvalue weighted by molar-refractivity contribution is 7.87. The van der Waals surface area contributed by atoms with Crippen molar-refractivity contribution < 1.29 is 8.42 Å². The minimum atomic E-state index is -3.39. The standard InChI is InChI=1S/C11H25N3O2S.ClH/c1-11(2,12)9-13-17(15,16)14(3)10-7-5-4-6-8-10;/h10,13H,4-9,12H2,1-3H3;1H. The van der Waals surface area contributed by atoms with Crippen molar-refractivity contribution in [2.45, 2.75) is 57.5 Å². The van der Waals surface area contributed by atoms with E-state index >= 15 is 0 Å². The van der Waals surface area contributed by atoms with Gasteiger partial charge in [0.05, 0.1) is 0 Å². The zero-order valence-corrected chi connectivity index (χ0v) is 13.1. The molecule has 0 heterocycles. The van der Waals surface area contributed by atoms with E-state index in [0.29, 0.717) is 0 Å². The van der Waals surface area contributed by atoms with Gasteiger partial charge in [-0.3, -0.25) is 0 Å². The molecule has 0 unspecified atom stereocenters. The maximum Gasteiger partial charge on any atom is 0.279 e. The summed E-state index contributed by atoms with van der Waals surface area (Å²) in [4.78, 5) is 0. The normalized spacial score (nSPS) is 18.7. The molecule has 0 spiro atoms. The van der Waals surface area contributed by atoms with Gasteiger partial charge in [-0.15, -0.1) is 12.4 Å². The monoisotopic (exact) mass is 299 g/mol. The fourth-order valence-electron chi connectivity index (χ4n) is 2.02. The topological polar surface area (TPSA) is 75.4 Å². The Morgan fingerprint density at radius 3 is 2.22 bits per heavy atom. The molecule has 7 heteroatoms. The highest BCUT2D eigenvalue weighted by Crippen LogP contribution is 2.22. The maximum absolute atomic E-state index is 12.0. The molecule has 0 aromatic carbocycles. The number of nitrogens with one attached hydrogen (secondary N) is 1. The molecule has 1 saturated carbocycles. The average molecular weight is 300 g/mol. The van der Waals surface area contributed by atoms with Gasteiger partial charge in [-0.1, -0.05) is 19.3 Å². The minimum Gasteiger partial charge on any atom is -0.324 e. The number of rotatable bonds is 5. The number of halogens is 1. The van der Waals surface area contributed by atoms with E-state index in [1.165, 1.54) is 10.7 Å². The van der Waals surface area contributed by atoms with Gasteiger partial charge in [0.2, 0.25) is 0 Å². The van der Waals surface area contributed by atoms with Gasteiger partial charge >= 0.3 is 0 Å². The summed E-state index contributed by atoms with van der Waals surface area (Å²) in [5.74, 6) is 0. The Labute approximate surface area is 117 Å². The lowest BCUT2D eigenvalue weighted by Crippen LogP contribution is -2.51. The fraction of sp³-hybridized carbons (Fsp3) is 1.00. The molecule has 110 valence electrons. The van der Waals surface area contributed by atoms with Crippen LogP contribution in [-0.4, -0.2) is 37.9 Å². The molecule has 0 aromatic heterocycles. The van der Waals surface area contributed by atoms with Gasteiger partial charge in [0.15, 0.2) is 0 Å². The van der Waals surface area contributed by atoms with Crippen molar-refractivity contribution in [3.05, 3.63) is 0 Å². The summed E-state index contributed by atoms with van der Waals surface area (Å²) in [6, 6.07) is 0.141. The smallest absolute Gasteiger partial charge is 0.279 e. The maximum atomic E-state index is 12.0. The third-order valence-electron chi connectivity index (χ3n) is 3.18. The first kappa shape index (κ1) is 18.1. The average Bonchev–Trinajstić information content (AvgIpc) is 2.26. The van der Waals surface area contributed by atoms with E-state index in [1.807, 2.05) is 0 Å². The van der Waals surface area contributed by atoms with E-state index in [1.54, 1.807) is 20.9 Å². The van der Waals surface area contributed by atoms with Crippen LogP contribution in [0.25, 0.3) is 0 Å². The largest absolute Gasteiger partial charge is 0.324 e. The number of hydrogen-bond donors (Lipinski definition) is 2. The molecule has 3 N–H and O–H groups in total. The zero-order chi connectivity index (χ0) is 13.1. The second-order valence-corrected chi connectivity index (χ2v) is 7.44. The molecule has 1 fully saturated rings. The summed E-state index contributed by atoms with van der Waals surface area (Å²) >= 11 is 0. The van der Waals surface area contributed by atoms with Crippen molar-refractivity contribution in [3.63, 3.8) is 0 Å². The highest BCUT2D eigenvalue weighted by atomic mass is 35.5. The lowest BCUT2D eigenvalue weighted by atomic mass is 9.96. The van der Waals surface area contributed by atoms with Crippen molar-refractivity contribution in [2.75, 3.05) is 13.6 Å². The molecule has 0 bridgehead atoms. The molecule has 0 radical (unpaired) electrons. The Morgan fingerprint density at radius 2 is 1.78 bits per heavy atom. The lowest BCUT2D eigenvalue weighted by Gasteiger charge is -2.31. The Kier molecular flexibility index (Phi) is 7.10. The van der Waals surface area contributed by atoms with E-state index in [0.717, 1.165) is 25.7 Å². The molecule has 18 heavy (non-hydrogen) atoms. The highest BCUT2D eigenvalue weighted by Gasteiger charge is 2.28. The quantitative estimate of drug-likeness (QED) is 0.802. The number of nitrogens with zero attached hydrogens (tertiary/aromatic N) is 1. The molecule has 1 aliphatic carbocycles. The molecule has 0 aliphatic heterocycles. The van der Waals surface area contributed by atoms with Gasteiger partial charge in [0.1, 0.15) is 0 Å². The second kappa shape index (κ2) is 7.05. The molecular formula is C11H26ClN3O2S. The van der Waals surface area contributed by atoms with Gasteiger partial charge in [-0.25, -0.2) is 4.72 Å². The van der Waals surface area contributed by atoms with Crippen molar-refractivity contribution >= 4 is 22.6 Å². The molecule has 0 aromatic rings. The SMILES string of the molecule is CN(C1CCCCC1)S(=O)(=O)NCC(C)(C)N.Cl. The summed E-state index contributed by atoms with van der Waals surface area (Å²) in [7, 11) is -1.74. The van der Waals surface area contributed by atoms with Crippen LogP contribution in [0.15, 0.2) is 0 Å². The molecule has 0 atom stereocenters. The molecule has 5 nitrogen and oxygen atoms in total. The van der Waals surface area contributed by atoms with Crippen LogP contribution in [0.5, 0.6) is 0 Å². The Hall–Kier alpha value is 0.120. The van der Waals surface area contributed by atoms with Crippen LogP contribution in [0.3, 0.4) is 0 Å². The van der Waals surface area contributed by atoms with Crippen LogP contribution >= 0.6 is 12.4 Å². The summed E-state index contributed by atoms with van der Waals surface area (Å²) in [6.07, 6.45) is 5.38. The Balaban J connectivity index is 0.00000289. The second-order valence-electron chi connectivity index (χ2n) is 5.62. The van der Waals surface area contributed by atoms with Gasteiger partial charge in [0.25, 0.3) is 10.2 Å². The number of nitrogens with two attached hydrogens (primary N) is 1. The van der Waals surface area contributed by atoms with Crippen molar-refractivity contribution in [1.82, 2.24) is 9.03 Å². The minimum absolute atomic E-state index is 0. The molecule has 0 amide bonds. The van der Waals surface area contributed by atoms with Crippen molar-refractivity contribution in [2.24, 2.45) is 5.73 Å². The number of hydrogen-bond acceptors (Lipinski definition) is 3. The Morgan fingerprint density at radius 1 is 1.28 bits per heavy atom. The van der Waals surface area contributed by atoms with Crippen molar-refractivity contribution in [3.8, 4) is 0 Å². The van der Waals surface area contributed by atoms with Crippen LogP contribution in [-0.2, 0) is 10.2 Å². The van der Waals surface area contributed by atoms with E-state index in [-0.39, 0.29) is 25.0 Å². The molecule has 1 rings (SSSR count). The van der Waals surface area contributed by atoms with Gasteiger partial charge in [0, 0.05) is 25.2 Å². The van der Waals surface area contributed by atoms with E-state index < -0.39 is 15.7 Å². The Bertz CT molecular complexity index is 335. The van der Waals surface area contributed by atoms with Crippen LogP contribution in [0.2, 0.25) is 0 Å². The first-order valence-electron chi connectivity index (χ1n) is 6.24. The van der Waals surface area contributed by atoms with Crippen LogP contribution in [0, 0.1) is 0 Å². The third kappa shape index (κ3) is 5.84. The zero-order valence-electron chi connectivity index (χ0n) is 11.5. The lowest BCUT2D eigenvalue weighted by molar-refractivity contribution is 0.282. The fourth-order valence-corrected chi connectivity index (χ4v) is 3.38. The van der Waals surface area contributed by atoms with Gasteiger partial charge in [-0.2, -0.15) is 12.7 Å². The first-order valence-corrected chi connectivity index (χ1v) is 7.68. The first-order chi connectivity index (χ1) is 7.72. The molecule has 1 aliphatic rings. The van der Waals surface area contributed by atoms with Crippen LogP contribution in [0.1, 0.15) is 46.0 Å². The van der Waals surface area contributed by atoms with Crippen molar-refractivity contribution in [1.29, 1.82) is 0 Å². The summed E-state index contributed by atoms with van der Waals surface area (Å²) in [5.41, 5.74) is 5.25. The van der Waals surface area contributed by atoms with E-state index in [2.05, 4.69) is 4.72 Å². The predicted octanol–water partition coefficient (Wildman–Crippen LogP) is 1.24. The molecular weight excluding hydrogens is 274 g/mol. The molecule has 0 saturated heterocycles. The van der Waals surface area contributed by atoms with Crippen LogP contribution < -0.4 is 10.5 Å². The van der Waals surface area contributed by atoms with E-state index in [4.69, 9.17) is 5.73 Å². The summed E-state index contributed by atoms with van der Waals surface area (Å²) < 4.78 is 28.1. The summed E-state index contributed by atoms with van der Waals surface area (Å²) in [6.45, 7) is 3.86. The van der Waals surface area contributed by atoms with Gasteiger partial charge in [-0.05, 0) is 26.7 Å². The predicted molar refractivity (Wildman–Crippen MR) is 77.1 cm³/mol. The van der Waals surface area contributed by atoms with Crippen LogP contribution in [0.4, 0.5) is 0 Å². The summed E-state index contributed by atoms with van der Waals surface area (Å²) in [5, 5.41) is 0.